The van der Waals surface area contributed by atoms with Crippen LogP contribution in [0.25, 0.3) is 38.4 Å². The third-order valence-corrected chi connectivity index (χ3v) is 6.12. The second-order valence-corrected chi connectivity index (χ2v) is 8.26. The molecule has 5 rings (SSSR count). The van der Waals surface area contributed by atoms with Crippen molar-refractivity contribution in [3.63, 3.8) is 0 Å². The van der Waals surface area contributed by atoms with E-state index in [0.29, 0.717) is 18.1 Å². The van der Waals surface area contributed by atoms with Crippen LogP contribution in [0.5, 0.6) is 5.75 Å². The second-order valence-electron chi connectivity index (χ2n) is 8.26. The first kappa shape index (κ1) is 21.6. The summed E-state index contributed by atoms with van der Waals surface area (Å²) in [4.78, 5) is 12.6. The highest BCUT2D eigenvalue weighted by molar-refractivity contribution is 6.07. The van der Waals surface area contributed by atoms with Crippen LogP contribution in [0.1, 0.15) is 23.8 Å². The van der Waals surface area contributed by atoms with Crippen LogP contribution in [0.4, 0.5) is 0 Å². The first-order chi connectivity index (χ1) is 16.6. The van der Waals surface area contributed by atoms with Gasteiger partial charge in [-0.2, -0.15) is 0 Å². The molecule has 170 valence electrons. The molecule has 5 nitrogen and oxygen atoms in total. The maximum Gasteiger partial charge on any atom is 0.244 e. The average molecular weight is 452 g/mol. The number of aryl methyl sites for hydroxylation is 1. The molecule has 0 bridgehead atoms. The number of methoxy groups -OCH3 is 1. The summed E-state index contributed by atoms with van der Waals surface area (Å²) in [7, 11) is 1.64. The molecule has 5 heteroatoms. The summed E-state index contributed by atoms with van der Waals surface area (Å²) in [6.45, 7) is 4.22. The predicted octanol–water partition coefficient (Wildman–Crippen LogP) is 6.88. The highest BCUT2D eigenvalue weighted by Gasteiger charge is 2.19. The number of allylic oxidation sites excluding steroid dienone is 1. The second kappa shape index (κ2) is 8.94. The molecule has 2 aromatic heterocycles. The fourth-order valence-corrected chi connectivity index (χ4v) is 4.45. The van der Waals surface area contributed by atoms with Gasteiger partial charge >= 0.3 is 0 Å². The summed E-state index contributed by atoms with van der Waals surface area (Å²) < 4.78 is 17.1. The van der Waals surface area contributed by atoms with Crippen LogP contribution < -0.4 is 10.1 Å². The van der Waals surface area contributed by atoms with Crippen molar-refractivity contribution in [3.05, 3.63) is 96.2 Å². The average Bonchev–Trinajstić information content (AvgIpc) is 3.52. The predicted molar refractivity (Wildman–Crippen MR) is 135 cm³/mol. The molecule has 0 spiro atoms. The van der Waals surface area contributed by atoms with Crippen LogP contribution in [0.15, 0.2) is 88.1 Å². The van der Waals surface area contributed by atoms with Crippen molar-refractivity contribution in [2.45, 2.75) is 20.4 Å². The Morgan fingerprint density at radius 2 is 1.82 bits per heavy atom. The first-order valence-electron chi connectivity index (χ1n) is 11.1. The third-order valence-electron chi connectivity index (χ3n) is 6.12. The molecule has 0 fully saturated rings. The smallest absolute Gasteiger partial charge is 0.244 e. The van der Waals surface area contributed by atoms with Gasteiger partial charge in [-0.15, -0.1) is 0 Å². The Morgan fingerprint density at radius 3 is 2.62 bits per heavy atom. The Morgan fingerprint density at radius 1 is 1.00 bits per heavy atom. The summed E-state index contributed by atoms with van der Waals surface area (Å²) in [6.07, 6.45) is 4.98. The summed E-state index contributed by atoms with van der Waals surface area (Å²) in [6, 6.07) is 20.3. The van der Waals surface area contributed by atoms with Crippen LogP contribution >= 0.6 is 0 Å². The van der Waals surface area contributed by atoms with Crippen molar-refractivity contribution in [3.8, 4) is 16.9 Å². The Kier molecular flexibility index (Phi) is 5.68. The zero-order chi connectivity index (χ0) is 23.7. The normalized spacial score (nSPS) is 11.8. The molecule has 0 saturated carbocycles. The van der Waals surface area contributed by atoms with Crippen molar-refractivity contribution >= 4 is 33.2 Å². The molecular weight excluding hydrogens is 426 g/mol. The molecule has 0 atom stereocenters. The number of ether oxygens (including phenoxy) is 1. The van der Waals surface area contributed by atoms with Gasteiger partial charge in [0.25, 0.3) is 0 Å². The highest BCUT2D eigenvalue weighted by atomic mass is 16.5. The third kappa shape index (κ3) is 3.86. The lowest BCUT2D eigenvalue weighted by molar-refractivity contribution is -0.116. The van der Waals surface area contributed by atoms with E-state index in [1.165, 1.54) is 5.39 Å². The van der Waals surface area contributed by atoms with Crippen molar-refractivity contribution < 1.29 is 18.4 Å². The zero-order valence-electron chi connectivity index (χ0n) is 19.3. The molecular formula is C29H25NO4. The molecule has 3 aromatic carbocycles. The van der Waals surface area contributed by atoms with Crippen molar-refractivity contribution in [1.82, 2.24) is 5.32 Å². The number of furan rings is 2. The molecule has 0 aliphatic heterocycles. The molecule has 34 heavy (non-hydrogen) atoms. The van der Waals surface area contributed by atoms with Gasteiger partial charge < -0.3 is 18.9 Å². The summed E-state index contributed by atoms with van der Waals surface area (Å²) in [5, 5.41) is 6.17. The number of carbonyl (C=O) groups is 1. The van der Waals surface area contributed by atoms with E-state index in [2.05, 4.69) is 35.6 Å². The van der Waals surface area contributed by atoms with Gasteiger partial charge in [0.05, 0.1) is 26.2 Å². The molecule has 1 N–H and O–H groups in total. The van der Waals surface area contributed by atoms with Gasteiger partial charge in [0.15, 0.2) is 0 Å². The lowest BCUT2D eigenvalue weighted by Gasteiger charge is -2.13. The van der Waals surface area contributed by atoms with E-state index in [0.717, 1.165) is 44.2 Å². The van der Waals surface area contributed by atoms with Crippen molar-refractivity contribution in [2.24, 2.45) is 0 Å². The lowest BCUT2D eigenvalue weighted by Crippen LogP contribution is -2.20. The van der Waals surface area contributed by atoms with E-state index in [1.807, 2.05) is 38.1 Å². The Balaban J connectivity index is 1.59. The fourth-order valence-electron chi connectivity index (χ4n) is 4.45. The molecule has 5 aromatic rings. The number of amides is 1. The minimum Gasteiger partial charge on any atom is -0.496 e. The number of nitrogens with one attached hydrogen (secondary N) is 1. The van der Waals surface area contributed by atoms with E-state index in [1.54, 1.807) is 31.8 Å². The summed E-state index contributed by atoms with van der Waals surface area (Å²) in [5.41, 5.74) is 5.43. The zero-order valence-corrected chi connectivity index (χ0v) is 19.3. The van der Waals surface area contributed by atoms with Crippen molar-refractivity contribution in [2.75, 3.05) is 7.11 Å². The lowest BCUT2D eigenvalue weighted by atomic mass is 9.94. The van der Waals surface area contributed by atoms with E-state index in [4.69, 9.17) is 13.6 Å². The number of carbonyl (C=O) groups excluding carboxylic acids is 1. The van der Waals surface area contributed by atoms with Crippen LogP contribution in [-0.2, 0) is 11.3 Å². The van der Waals surface area contributed by atoms with E-state index < -0.39 is 0 Å². The van der Waals surface area contributed by atoms with E-state index >= 15 is 0 Å². The van der Waals surface area contributed by atoms with Gasteiger partial charge in [0, 0.05) is 28.2 Å². The molecule has 0 aliphatic rings. The monoisotopic (exact) mass is 451 g/mol. The van der Waals surface area contributed by atoms with Crippen LogP contribution in [0, 0.1) is 6.92 Å². The number of fused-ring (bicyclic) bond motifs is 2. The van der Waals surface area contributed by atoms with Crippen LogP contribution in [-0.4, -0.2) is 13.0 Å². The van der Waals surface area contributed by atoms with Crippen LogP contribution in [0.3, 0.4) is 0 Å². The van der Waals surface area contributed by atoms with E-state index in [-0.39, 0.29) is 5.91 Å². The molecule has 1 amide bonds. The Bertz CT molecular complexity index is 1520. The number of benzene rings is 3. The number of rotatable bonds is 6. The molecule has 0 unspecified atom stereocenters. The number of hydrogen-bond acceptors (Lipinski definition) is 4. The highest BCUT2D eigenvalue weighted by Crippen LogP contribution is 2.42. The largest absolute Gasteiger partial charge is 0.496 e. The minimum atomic E-state index is -0.199. The van der Waals surface area contributed by atoms with Gasteiger partial charge in [-0.1, -0.05) is 42.5 Å². The molecule has 0 aliphatic carbocycles. The summed E-state index contributed by atoms with van der Waals surface area (Å²) >= 11 is 0. The van der Waals surface area contributed by atoms with Crippen LogP contribution in [0.2, 0.25) is 0 Å². The molecule has 0 saturated heterocycles. The maximum absolute atomic E-state index is 12.6. The van der Waals surface area contributed by atoms with Gasteiger partial charge in [-0.25, -0.2) is 0 Å². The Hall–Kier alpha value is -4.25. The maximum atomic E-state index is 12.6. The Labute approximate surface area is 197 Å². The molecule has 2 heterocycles. The summed E-state index contributed by atoms with van der Waals surface area (Å²) in [5.74, 6) is 1.20. The van der Waals surface area contributed by atoms with Crippen molar-refractivity contribution in [1.29, 1.82) is 0 Å². The van der Waals surface area contributed by atoms with Gasteiger partial charge in [-0.3, -0.25) is 4.79 Å². The standard InChI is InChI=1S/C29H25NO4/c1-18(14-27(31)30-16-21-10-7-13-33-21)24-15-25-26(17-34-29(25)19(2)28(24)32-3)23-12-6-9-20-8-4-5-11-22(20)23/h4-15,17H,16H2,1-3H3,(H,30,31)/b18-14+. The SMILES string of the molecule is COc1c(/C(C)=C/C(=O)NCc2ccco2)cc2c(-c3cccc4ccccc34)coc2c1C. The molecule has 0 radical (unpaired) electrons. The van der Waals surface area contributed by atoms with E-state index in [9.17, 15) is 4.79 Å². The van der Waals surface area contributed by atoms with Gasteiger partial charge in [0.1, 0.15) is 17.1 Å². The number of hydrogen-bond donors (Lipinski definition) is 1. The topological polar surface area (TPSA) is 64.6 Å². The first-order valence-corrected chi connectivity index (χ1v) is 11.1. The quantitative estimate of drug-likeness (QED) is 0.286. The van der Waals surface area contributed by atoms with Gasteiger partial charge in [0.2, 0.25) is 5.91 Å². The fraction of sp³-hybridized carbons (Fsp3) is 0.138. The minimum absolute atomic E-state index is 0.199. The van der Waals surface area contributed by atoms with Gasteiger partial charge in [-0.05, 0) is 54.0 Å².